The molecule has 0 saturated carbocycles. The maximum Gasteiger partial charge on any atom is 0.123 e. The van der Waals surface area contributed by atoms with Gasteiger partial charge in [0.05, 0.1) is 6.10 Å². The molecule has 1 aliphatic heterocycles. The van der Waals surface area contributed by atoms with Gasteiger partial charge in [0, 0.05) is 6.54 Å². The number of aliphatic hydroxyl groups excluding tert-OH is 1. The van der Waals surface area contributed by atoms with Crippen LogP contribution in [0.5, 0.6) is 0 Å². The van der Waals surface area contributed by atoms with Crippen molar-refractivity contribution in [3.63, 3.8) is 0 Å². The van der Waals surface area contributed by atoms with Crippen LogP contribution in [-0.4, -0.2) is 42.7 Å². The molecule has 112 valence electrons. The summed E-state index contributed by atoms with van der Waals surface area (Å²) in [6, 6.07) is 6.06. The first-order valence-electron chi connectivity index (χ1n) is 7.55. The zero-order chi connectivity index (χ0) is 14.4. The number of nitrogens with one attached hydrogen (secondary N) is 1. The van der Waals surface area contributed by atoms with E-state index in [2.05, 4.69) is 17.1 Å². The third kappa shape index (κ3) is 4.54. The third-order valence-electron chi connectivity index (χ3n) is 4.18. The lowest BCUT2D eigenvalue weighted by Crippen LogP contribution is -2.37. The Balaban J connectivity index is 1.67. The molecule has 1 aliphatic rings. The molecular weight excluding hydrogens is 255 g/mol. The summed E-state index contributed by atoms with van der Waals surface area (Å²) in [7, 11) is 0. The summed E-state index contributed by atoms with van der Waals surface area (Å²) in [6.45, 7) is 7.20. The second-order valence-corrected chi connectivity index (χ2v) is 5.60. The van der Waals surface area contributed by atoms with E-state index in [0.717, 1.165) is 18.7 Å². The summed E-state index contributed by atoms with van der Waals surface area (Å²) >= 11 is 0. The van der Waals surface area contributed by atoms with Crippen molar-refractivity contribution in [1.29, 1.82) is 0 Å². The summed E-state index contributed by atoms with van der Waals surface area (Å²) in [6.07, 6.45) is 1.90. The maximum absolute atomic E-state index is 12.8. The SMILES string of the molecule is CCN1CCC(CNCC(O)c2ccc(F)cc2)CC1. The average molecular weight is 280 g/mol. The van der Waals surface area contributed by atoms with E-state index in [0.29, 0.717) is 12.5 Å². The van der Waals surface area contributed by atoms with Gasteiger partial charge >= 0.3 is 0 Å². The Kier molecular flexibility index (Phi) is 5.95. The Morgan fingerprint density at radius 2 is 1.95 bits per heavy atom. The van der Waals surface area contributed by atoms with Crippen LogP contribution in [-0.2, 0) is 0 Å². The molecule has 20 heavy (non-hydrogen) atoms. The molecule has 1 fully saturated rings. The van der Waals surface area contributed by atoms with Crippen LogP contribution in [0.3, 0.4) is 0 Å². The molecule has 0 amide bonds. The van der Waals surface area contributed by atoms with Gasteiger partial charge in [-0.05, 0) is 62.6 Å². The molecule has 0 aromatic heterocycles. The van der Waals surface area contributed by atoms with Gasteiger partial charge in [-0.25, -0.2) is 4.39 Å². The largest absolute Gasteiger partial charge is 0.387 e. The smallest absolute Gasteiger partial charge is 0.123 e. The fraction of sp³-hybridized carbons (Fsp3) is 0.625. The molecule has 1 aromatic rings. The minimum atomic E-state index is -0.564. The molecule has 0 radical (unpaired) electrons. The Bertz CT molecular complexity index is 388. The molecule has 1 heterocycles. The predicted molar refractivity (Wildman–Crippen MR) is 79.1 cm³/mol. The van der Waals surface area contributed by atoms with E-state index in [4.69, 9.17) is 0 Å². The molecule has 3 nitrogen and oxygen atoms in total. The van der Waals surface area contributed by atoms with E-state index in [1.54, 1.807) is 12.1 Å². The van der Waals surface area contributed by atoms with E-state index in [9.17, 15) is 9.50 Å². The van der Waals surface area contributed by atoms with Gasteiger partial charge in [0.2, 0.25) is 0 Å². The molecule has 2 N–H and O–H groups in total. The van der Waals surface area contributed by atoms with Gasteiger partial charge in [0.25, 0.3) is 0 Å². The fourth-order valence-electron chi connectivity index (χ4n) is 2.73. The van der Waals surface area contributed by atoms with E-state index < -0.39 is 6.10 Å². The van der Waals surface area contributed by atoms with Crippen molar-refractivity contribution in [1.82, 2.24) is 10.2 Å². The third-order valence-corrected chi connectivity index (χ3v) is 4.18. The lowest BCUT2D eigenvalue weighted by molar-refractivity contribution is 0.161. The van der Waals surface area contributed by atoms with Gasteiger partial charge in [-0.3, -0.25) is 0 Å². The van der Waals surface area contributed by atoms with Crippen LogP contribution >= 0.6 is 0 Å². The van der Waals surface area contributed by atoms with Crippen molar-refractivity contribution in [3.05, 3.63) is 35.6 Å². The van der Waals surface area contributed by atoms with Gasteiger partial charge in [-0.15, -0.1) is 0 Å². The Morgan fingerprint density at radius 3 is 2.55 bits per heavy atom. The number of halogens is 1. The highest BCUT2D eigenvalue weighted by molar-refractivity contribution is 5.18. The number of aliphatic hydroxyl groups is 1. The van der Waals surface area contributed by atoms with Crippen LogP contribution in [0.2, 0.25) is 0 Å². The van der Waals surface area contributed by atoms with Crippen molar-refractivity contribution < 1.29 is 9.50 Å². The zero-order valence-electron chi connectivity index (χ0n) is 12.2. The molecular formula is C16H25FN2O. The molecule has 1 atom stereocenters. The predicted octanol–water partition coefficient (Wildman–Crippen LogP) is 2.18. The average Bonchev–Trinajstić information content (AvgIpc) is 2.48. The molecule has 0 bridgehead atoms. The molecule has 2 rings (SSSR count). The van der Waals surface area contributed by atoms with Crippen LogP contribution in [0.4, 0.5) is 4.39 Å². The molecule has 1 aromatic carbocycles. The van der Waals surface area contributed by atoms with Crippen LogP contribution < -0.4 is 5.32 Å². The minimum absolute atomic E-state index is 0.267. The van der Waals surface area contributed by atoms with Crippen LogP contribution in [0, 0.1) is 11.7 Å². The quantitative estimate of drug-likeness (QED) is 0.838. The van der Waals surface area contributed by atoms with Gasteiger partial charge in [0.15, 0.2) is 0 Å². The Labute approximate surface area is 120 Å². The number of hydrogen-bond acceptors (Lipinski definition) is 3. The first-order valence-corrected chi connectivity index (χ1v) is 7.55. The standard InChI is InChI=1S/C16H25FN2O/c1-2-19-9-7-13(8-10-19)11-18-12-16(20)14-3-5-15(17)6-4-14/h3-6,13,16,18,20H,2,7-12H2,1H3. The summed E-state index contributed by atoms with van der Waals surface area (Å²) in [5, 5.41) is 13.4. The second-order valence-electron chi connectivity index (χ2n) is 5.60. The number of piperidine rings is 1. The summed E-state index contributed by atoms with van der Waals surface area (Å²) < 4.78 is 12.8. The van der Waals surface area contributed by atoms with Crippen molar-refractivity contribution in [2.45, 2.75) is 25.9 Å². The normalized spacial score (nSPS) is 19.1. The van der Waals surface area contributed by atoms with Crippen molar-refractivity contribution in [3.8, 4) is 0 Å². The van der Waals surface area contributed by atoms with Crippen molar-refractivity contribution in [2.24, 2.45) is 5.92 Å². The van der Waals surface area contributed by atoms with Crippen molar-refractivity contribution >= 4 is 0 Å². The summed E-state index contributed by atoms with van der Waals surface area (Å²) in [5.74, 6) is 0.440. The van der Waals surface area contributed by atoms with Crippen LogP contribution in [0.1, 0.15) is 31.4 Å². The van der Waals surface area contributed by atoms with Gasteiger partial charge in [-0.2, -0.15) is 0 Å². The highest BCUT2D eigenvalue weighted by Gasteiger charge is 2.18. The lowest BCUT2D eigenvalue weighted by atomic mass is 9.96. The summed E-state index contributed by atoms with van der Waals surface area (Å²) in [5.41, 5.74) is 0.764. The number of hydrogen-bond donors (Lipinski definition) is 2. The molecule has 4 heteroatoms. The summed E-state index contributed by atoms with van der Waals surface area (Å²) in [4.78, 5) is 2.48. The number of rotatable bonds is 6. The maximum atomic E-state index is 12.8. The number of benzene rings is 1. The monoisotopic (exact) mass is 280 g/mol. The molecule has 0 aliphatic carbocycles. The van der Waals surface area contributed by atoms with E-state index >= 15 is 0 Å². The topological polar surface area (TPSA) is 35.5 Å². The molecule has 1 unspecified atom stereocenters. The number of likely N-dealkylation sites (tertiary alicyclic amines) is 1. The van der Waals surface area contributed by atoms with E-state index in [-0.39, 0.29) is 5.82 Å². The Hall–Kier alpha value is -0.970. The minimum Gasteiger partial charge on any atom is -0.387 e. The Morgan fingerprint density at radius 1 is 1.30 bits per heavy atom. The highest BCUT2D eigenvalue weighted by atomic mass is 19.1. The van der Waals surface area contributed by atoms with E-state index in [1.807, 2.05) is 0 Å². The van der Waals surface area contributed by atoms with E-state index in [1.165, 1.54) is 38.1 Å². The highest BCUT2D eigenvalue weighted by Crippen LogP contribution is 2.17. The second kappa shape index (κ2) is 7.72. The van der Waals surface area contributed by atoms with Crippen LogP contribution in [0.25, 0.3) is 0 Å². The number of nitrogens with zero attached hydrogens (tertiary/aromatic N) is 1. The molecule has 1 saturated heterocycles. The van der Waals surface area contributed by atoms with Gasteiger partial charge < -0.3 is 15.3 Å². The zero-order valence-corrected chi connectivity index (χ0v) is 12.2. The first kappa shape index (κ1) is 15.4. The first-order chi connectivity index (χ1) is 9.69. The fourth-order valence-corrected chi connectivity index (χ4v) is 2.73. The van der Waals surface area contributed by atoms with Gasteiger partial charge in [-0.1, -0.05) is 19.1 Å². The molecule has 0 spiro atoms. The van der Waals surface area contributed by atoms with Gasteiger partial charge in [0.1, 0.15) is 5.82 Å². The van der Waals surface area contributed by atoms with Crippen molar-refractivity contribution in [2.75, 3.05) is 32.7 Å². The lowest BCUT2D eigenvalue weighted by Gasteiger charge is -2.31. The van der Waals surface area contributed by atoms with Crippen LogP contribution in [0.15, 0.2) is 24.3 Å².